The van der Waals surface area contributed by atoms with Crippen LogP contribution < -0.4 is 15.5 Å². The third kappa shape index (κ3) is 4.71. The van der Waals surface area contributed by atoms with E-state index < -0.39 is 0 Å². The molecule has 2 N–H and O–H groups in total. The Kier molecular flexibility index (Phi) is 6.04. The fourth-order valence-corrected chi connectivity index (χ4v) is 3.23. The van der Waals surface area contributed by atoms with Gasteiger partial charge in [0.05, 0.1) is 5.56 Å². The summed E-state index contributed by atoms with van der Waals surface area (Å²) in [7, 11) is 0. The number of nitrogens with zero attached hydrogens (tertiary/aromatic N) is 3. The number of carbonyl (C=O) groups excluding carboxylic acids is 1. The average Bonchev–Trinajstić information content (AvgIpc) is 2.67. The molecule has 6 heteroatoms. The van der Waals surface area contributed by atoms with Crippen LogP contribution in [-0.4, -0.2) is 35.5 Å². The summed E-state index contributed by atoms with van der Waals surface area (Å²) in [5, 5.41) is 5.93. The van der Waals surface area contributed by atoms with Gasteiger partial charge in [-0.2, -0.15) is 0 Å². The molecule has 0 aliphatic carbocycles. The molecular weight excluding hydrogens is 326 g/mol. The first-order chi connectivity index (χ1) is 12.7. The maximum Gasteiger partial charge on any atom is 0.254 e. The SMILES string of the molecule is CCNc1ncc(C(=O)NCc2ccc(N3CCC[C@@H](C)C3)cc2)cn1. The zero-order valence-corrected chi connectivity index (χ0v) is 15.5. The van der Waals surface area contributed by atoms with Crippen LogP contribution in [0.2, 0.25) is 0 Å². The van der Waals surface area contributed by atoms with Crippen LogP contribution in [0.15, 0.2) is 36.7 Å². The molecule has 1 amide bonds. The molecule has 1 fully saturated rings. The Balaban J connectivity index is 1.53. The van der Waals surface area contributed by atoms with Crippen LogP contribution in [-0.2, 0) is 6.54 Å². The van der Waals surface area contributed by atoms with Gasteiger partial charge in [-0.25, -0.2) is 9.97 Å². The quantitative estimate of drug-likeness (QED) is 0.835. The predicted octanol–water partition coefficient (Wildman–Crippen LogP) is 3.07. The summed E-state index contributed by atoms with van der Waals surface area (Å²) in [6.45, 7) is 7.77. The molecule has 6 nitrogen and oxygen atoms in total. The van der Waals surface area contributed by atoms with Crippen molar-refractivity contribution in [2.45, 2.75) is 33.2 Å². The number of nitrogens with one attached hydrogen (secondary N) is 2. The minimum atomic E-state index is -0.165. The van der Waals surface area contributed by atoms with Crippen molar-refractivity contribution < 1.29 is 4.79 Å². The van der Waals surface area contributed by atoms with Gasteiger partial charge in [-0.15, -0.1) is 0 Å². The van der Waals surface area contributed by atoms with E-state index in [4.69, 9.17) is 0 Å². The maximum absolute atomic E-state index is 12.2. The van der Waals surface area contributed by atoms with E-state index in [1.54, 1.807) is 12.4 Å². The monoisotopic (exact) mass is 353 g/mol. The number of rotatable bonds is 6. The number of carbonyl (C=O) groups is 1. The average molecular weight is 353 g/mol. The first-order valence-electron chi connectivity index (χ1n) is 9.33. The lowest BCUT2D eigenvalue weighted by Gasteiger charge is -2.32. The fourth-order valence-electron chi connectivity index (χ4n) is 3.23. The van der Waals surface area contributed by atoms with Gasteiger partial charge in [-0.3, -0.25) is 4.79 Å². The Hall–Kier alpha value is -2.63. The molecule has 0 radical (unpaired) electrons. The molecule has 2 aromatic rings. The minimum Gasteiger partial charge on any atom is -0.371 e. The maximum atomic E-state index is 12.2. The highest BCUT2D eigenvalue weighted by atomic mass is 16.1. The van der Waals surface area contributed by atoms with E-state index >= 15 is 0 Å². The van der Waals surface area contributed by atoms with Crippen LogP contribution >= 0.6 is 0 Å². The first-order valence-corrected chi connectivity index (χ1v) is 9.33. The summed E-state index contributed by atoms with van der Waals surface area (Å²) >= 11 is 0. The Morgan fingerprint density at radius 2 is 1.96 bits per heavy atom. The van der Waals surface area contributed by atoms with Crippen LogP contribution in [0.5, 0.6) is 0 Å². The van der Waals surface area contributed by atoms with Gasteiger partial charge in [-0.1, -0.05) is 19.1 Å². The highest BCUT2D eigenvalue weighted by Gasteiger charge is 2.16. The van der Waals surface area contributed by atoms with Crippen molar-refractivity contribution in [3.8, 4) is 0 Å². The van der Waals surface area contributed by atoms with Gasteiger partial charge in [0.25, 0.3) is 5.91 Å². The van der Waals surface area contributed by atoms with Gasteiger partial charge in [0.1, 0.15) is 0 Å². The molecule has 1 saturated heterocycles. The van der Waals surface area contributed by atoms with E-state index in [1.165, 1.54) is 18.5 Å². The number of benzene rings is 1. The summed E-state index contributed by atoms with van der Waals surface area (Å²) in [6.07, 6.45) is 5.66. The van der Waals surface area contributed by atoms with Crippen LogP contribution in [0, 0.1) is 5.92 Å². The first kappa shape index (κ1) is 18.2. The van der Waals surface area contributed by atoms with Crippen molar-refractivity contribution in [3.05, 3.63) is 47.8 Å². The lowest BCUT2D eigenvalue weighted by atomic mass is 9.99. The molecule has 1 aromatic carbocycles. The van der Waals surface area contributed by atoms with Crippen molar-refractivity contribution in [1.29, 1.82) is 0 Å². The Morgan fingerprint density at radius 3 is 2.62 bits per heavy atom. The van der Waals surface area contributed by atoms with Crippen LogP contribution in [0.4, 0.5) is 11.6 Å². The molecular formula is C20H27N5O. The lowest BCUT2D eigenvalue weighted by molar-refractivity contribution is 0.0950. The molecule has 2 heterocycles. The van der Waals surface area contributed by atoms with E-state index in [-0.39, 0.29) is 5.91 Å². The van der Waals surface area contributed by atoms with Crippen molar-refractivity contribution in [2.24, 2.45) is 5.92 Å². The van der Waals surface area contributed by atoms with Gasteiger partial charge < -0.3 is 15.5 Å². The molecule has 1 aliphatic heterocycles. The Bertz CT molecular complexity index is 714. The Labute approximate surface area is 155 Å². The minimum absolute atomic E-state index is 0.165. The lowest BCUT2D eigenvalue weighted by Crippen LogP contribution is -2.34. The molecule has 1 aliphatic rings. The molecule has 0 unspecified atom stereocenters. The fraction of sp³-hybridized carbons (Fsp3) is 0.450. The van der Waals surface area contributed by atoms with E-state index in [0.717, 1.165) is 31.1 Å². The number of hydrogen-bond donors (Lipinski definition) is 2. The molecule has 0 spiro atoms. The van der Waals surface area contributed by atoms with Crippen LogP contribution in [0.1, 0.15) is 42.6 Å². The molecule has 26 heavy (non-hydrogen) atoms. The smallest absolute Gasteiger partial charge is 0.254 e. The molecule has 3 rings (SSSR count). The van der Waals surface area contributed by atoms with Crippen LogP contribution in [0.3, 0.4) is 0 Å². The molecule has 0 saturated carbocycles. The molecule has 0 bridgehead atoms. The zero-order valence-electron chi connectivity index (χ0n) is 15.5. The second-order valence-corrected chi connectivity index (χ2v) is 6.87. The summed E-state index contributed by atoms with van der Waals surface area (Å²) < 4.78 is 0. The number of anilines is 2. The molecule has 1 atom stereocenters. The van der Waals surface area contributed by atoms with E-state index in [2.05, 4.69) is 56.7 Å². The summed E-state index contributed by atoms with van der Waals surface area (Å²) in [6, 6.07) is 8.46. The molecule has 138 valence electrons. The highest BCUT2D eigenvalue weighted by molar-refractivity contribution is 5.93. The van der Waals surface area contributed by atoms with Crippen LogP contribution in [0.25, 0.3) is 0 Å². The summed E-state index contributed by atoms with van der Waals surface area (Å²) in [5.74, 6) is 1.12. The topological polar surface area (TPSA) is 70.2 Å². The second-order valence-electron chi connectivity index (χ2n) is 6.87. The predicted molar refractivity (Wildman–Crippen MR) is 104 cm³/mol. The van der Waals surface area contributed by atoms with Crippen molar-refractivity contribution >= 4 is 17.5 Å². The van der Waals surface area contributed by atoms with Crippen molar-refractivity contribution in [2.75, 3.05) is 29.9 Å². The number of aromatic nitrogens is 2. The van der Waals surface area contributed by atoms with E-state index in [9.17, 15) is 4.79 Å². The second kappa shape index (κ2) is 8.65. The number of amides is 1. The van der Waals surface area contributed by atoms with Gasteiger partial charge >= 0.3 is 0 Å². The van der Waals surface area contributed by atoms with Gasteiger partial charge in [-0.05, 0) is 43.4 Å². The van der Waals surface area contributed by atoms with Crippen molar-refractivity contribution in [1.82, 2.24) is 15.3 Å². The standard InChI is InChI=1S/C20H27N5O/c1-3-21-20-23-12-17(13-24-20)19(26)22-11-16-6-8-18(9-7-16)25-10-4-5-15(2)14-25/h6-9,12-13,15H,3-5,10-11,14H2,1-2H3,(H,22,26)(H,21,23,24)/t15-/m1/s1. The van der Waals surface area contributed by atoms with Gasteiger partial charge in [0, 0.05) is 44.3 Å². The number of piperidine rings is 1. The number of hydrogen-bond acceptors (Lipinski definition) is 5. The van der Waals surface area contributed by atoms with Gasteiger partial charge in [0.15, 0.2) is 0 Å². The van der Waals surface area contributed by atoms with Crippen molar-refractivity contribution in [3.63, 3.8) is 0 Å². The third-order valence-corrected chi connectivity index (χ3v) is 4.66. The van der Waals surface area contributed by atoms with E-state index in [0.29, 0.717) is 18.1 Å². The van der Waals surface area contributed by atoms with E-state index in [1.807, 2.05) is 6.92 Å². The van der Waals surface area contributed by atoms with Gasteiger partial charge in [0.2, 0.25) is 5.95 Å². The normalized spacial score (nSPS) is 17.0. The molecule has 1 aromatic heterocycles. The summed E-state index contributed by atoms with van der Waals surface area (Å²) in [4.78, 5) is 22.9. The zero-order chi connectivity index (χ0) is 18.4. The largest absolute Gasteiger partial charge is 0.371 e. The third-order valence-electron chi connectivity index (χ3n) is 4.66. The summed E-state index contributed by atoms with van der Waals surface area (Å²) in [5.41, 5.74) is 2.81. The highest BCUT2D eigenvalue weighted by Crippen LogP contribution is 2.23. The Morgan fingerprint density at radius 1 is 1.23 bits per heavy atom.